The molecule has 0 aliphatic heterocycles. The smallest absolute Gasteiger partial charge is 0.314 e. The lowest BCUT2D eigenvalue weighted by molar-refractivity contribution is 0.235. The van der Waals surface area contributed by atoms with E-state index in [0.29, 0.717) is 31.2 Å². The Hall–Kier alpha value is -3.22. The number of para-hydroxylation sites is 4. The lowest BCUT2D eigenvalue weighted by Crippen LogP contribution is -2.38. The largest absolute Gasteiger partial charge is 0.493 e. The van der Waals surface area contributed by atoms with Crippen LogP contribution in [-0.2, 0) is 6.54 Å². The van der Waals surface area contributed by atoms with Crippen LogP contribution in [0.3, 0.4) is 0 Å². The highest BCUT2D eigenvalue weighted by molar-refractivity contribution is 5.75. The molecule has 2 N–H and O–H groups in total. The van der Waals surface area contributed by atoms with Gasteiger partial charge in [0.25, 0.3) is 0 Å². The summed E-state index contributed by atoms with van der Waals surface area (Å²) < 4.78 is 12.9. The molecule has 7 nitrogen and oxygen atoms in total. The third-order valence-corrected chi connectivity index (χ3v) is 4.10. The van der Waals surface area contributed by atoms with Gasteiger partial charge in [-0.05, 0) is 30.7 Å². The summed E-state index contributed by atoms with van der Waals surface area (Å²) >= 11 is 0. The lowest BCUT2D eigenvalue weighted by atomic mass is 10.3. The molecule has 0 saturated heterocycles. The van der Waals surface area contributed by atoms with E-state index >= 15 is 0 Å². The fraction of sp³-hybridized carbons (Fsp3) is 0.300. The number of ether oxygens (including phenoxy) is 2. The molecule has 27 heavy (non-hydrogen) atoms. The second-order valence-corrected chi connectivity index (χ2v) is 5.96. The van der Waals surface area contributed by atoms with E-state index in [1.54, 1.807) is 7.11 Å². The third kappa shape index (κ3) is 5.13. The number of carbonyl (C=O) groups is 1. The van der Waals surface area contributed by atoms with Crippen LogP contribution in [0.1, 0.15) is 6.42 Å². The van der Waals surface area contributed by atoms with Gasteiger partial charge in [0.15, 0.2) is 11.5 Å². The summed E-state index contributed by atoms with van der Waals surface area (Å²) in [7, 11) is 1.60. The van der Waals surface area contributed by atoms with Crippen LogP contribution >= 0.6 is 0 Å². The molecule has 0 aliphatic rings. The first-order valence-electron chi connectivity index (χ1n) is 8.95. The summed E-state index contributed by atoms with van der Waals surface area (Å²) in [6.07, 6.45) is 2.66. The van der Waals surface area contributed by atoms with Crippen molar-refractivity contribution in [1.82, 2.24) is 20.2 Å². The van der Waals surface area contributed by atoms with E-state index in [9.17, 15) is 4.79 Å². The Morgan fingerprint density at radius 3 is 2.63 bits per heavy atom. The van der Waals surface area contributed by atoms with E-state index < -0.39 is 0 Å². The lowest BCUT2D eigenvalue weighted by Gasteiger charge is -2.11. The molecule has 142 valence electrons. The van der Waals surface area contributed by atoms with Crippen LogP contribution in [0.2, 0.25) is 0 Å². The monoisotopic (exact) mass is 368 g/mol. The predicted octanol–water partition coefficient (Wildman–Crippen LogP) is 2.81. The second-order valence-electron chi connectivity index (χ2n) is 5.96. The molecule has 1 heterocycles. The number of carbonyl (C=O) groups excluding carboxylic acids is 1. The number of imidazole rings is 1. The van der Waals surface area contributed by atoms with Gasteiger partial charge in [0.2, 0.25) is 0 Å². The van der Waals surface area contributed by atoms with Gasteiger partial charge < -0.3 is 24.7 Å². The molecule has 0 saturated carbocycles. The molecule has 3 rings (SSSR count). The summed E-state index contributed by atoms with van der Waals surface area (Å²) in [6, 6.07) is 15.2. The van der Waals surface area contributed by atoms with Crippen molar-refractivity contribution in [3.8, 4) is 11.5 Å². The van der Waals surface area contributed by atoms with Gasteiger partial charge in [0.05, 0.1) is 31.0 Å². The molecule has 3 aromatic rings. The number of amides is 2. The van der Waals surface area contributed by atoms with Crippen LogP contribution in [0, 0.1) is 0 Å². The number of hydrogen-bond acceptors (Lipinski definition) is 4. The summed E-state index contributed by atoms with van der Waals surface area (Å²) in [6.45, 7) is 2.17. The first kappa shape index (κ1) is 18.6. The number of urea groups is 1. The van der Waals surface area contributed by atoms with E-state index in [4.69, 9.17) is 9.47 Å². The summed E-state index contributed by atoms with van der Waals surface area (Å²) in [5.41, 5.74) is 2.09. The van der Waals surface area contributed by atoms with Gasteiger partial charge in [-0.1, -0.05) is 24.3 Å². The highest BCUT2D eigenvalue weighted by atomic mass is 16.5. The van der Waals surface area contributed by atoms with E-state index in [2.05, 4.69) is 20.2 Å². The standard InChI is InChI=1S/C20H24N4O3/c1-26-18-9-4-5-10-19(18)27-14-12-22-20(25)21-11-6-13-24-15-23-16-7-2-3-8-17(16)24/h2-5,7-10,15H,6,11-14H2,1H3,(H2,21,22,25). The summed E-state index contributed by atoms with van der Waals surface area (Å²) in [5, 5.41) is 5.63. The molecular weight excluding hydrogens is 344 g/mol. The quantitative estimate of drug-likeness (QED) is 0.570. The second kappa shape index (κ2) is 9.47. The molecule has 7 heteroatoms. The van der Waals surface area contributed by atoms with Crippen molar-refractivity contribution in [2.45, 2.75) is 13.0 Å². The highest BCUT2D eigenvalue weighted by Gasteiger charge is 2.04. The van der Waals surface area contributed by atoms with Crippen LogP contribution in [0.5, 0.6) is 11.5 Å². The Balaban J connectivity index is 1.31. The molecule has 0 radical (unpaired) electrons. The average Bonchev–Trinajstić information content (AvgIpc) is 3.12. The zero-order valence-corrected chi connectivity index (χ0v) is 15.4. The van der Waals surface area contributed by atoms with E-state index in [1.807, 2.05) is 54.9 Å². The SMILES string of the molecule is COc1ccccc1OCCNC(=O)NCCCn1cnc2ccccc21. The predicted molar refractivity (Wildman–Crippen MR) is 104 cm³/mol. The molecule has 1 aromatic heterocycles. The zero-order valence-electron chi connectivity index (χ0n) is 15.4. The van der Waals surface area contributed by atoms with Gasteiger partial charge in [-0.2, -0.15) is 0 Å². The minimum absolute atomic E-state index is 0.200. The van der Waals surface area contributed by atoms with Gasteiger partial charge in [0, 0.05) is 13.1 Å². The molecule has 0 aliphatic carbocycles. The van der Waals surface area contributed by atoms with E-state index in [-0.39, 0.29) is 6.03 Å². The minimum Gasteiger partial charge on any atom is -0.493 e. The Morgan fingerprint density at radius 2 is 1.78 bits per heavy atom. The average molecular weight is 368 g/mol. The number of fused-ring (bicyclic) bond motifs is 1. The molecule has 2 amide bonds. The maximum atomic E-state index is 11.8. The Labute approximate surface area is 158 Å². The molecule has 2 aromatic carbocycles. The fourth-order valence-corrected chi connectivity index (χ4v) is 2.77. The first-order valence-corrected chi connectivity index (χ1v) is 8.95. The third-order valence-electron chi connectivity index (χ3n) is 4.10. The maximum absolute atomic E-state index is 11.8. The number of methoxy groups -OCH3 is 1. The number of benzene rings is 2. The van der Waals surface area contributed by atoms with Gasteiger partial charge in [-0.3, -0.25) is 0 Å². The summed E-state index contributed by atoms with van der Waals surface area (Å²) in [5.74, 6) is 1.34. The van der Waals surface area contributed by atoms with Gasteiger partial charge in [-0.25, -0.2) is 9.78 Å². The minimum atomic E-state index is -0.200. The van der Waals surface area contributed by atoms with Crippen molar-refractivity contribution in [2.24, 2.45) is 0 Å². The topological polar surface area (TPSA) is 77.4 Å². The fourth-order valence-electron chi connectivity index (χ4n) is 2.77. The molecular formula is C20H24N4O3. The number of aryl methyl sites for hydroxylation is 1. The van der Waals surface area contributed by atoms with Crippen LogP contribution in [0.25, 0.3) is 11.0 Å². The van der Waals surface area contributed by atoms with Crippen LogP contribution in [-0.4, -0.2) is 42.4 Å². The van der Waals surface area contributed by atoms with Crippen LogP contribution in [0.15, 0.2) is 54.9 Å². The van der Waals surface area contributed by atoms with Crippen LogP contribution in [0.4, 0.5) is 4.79 Å². The normalized spacial score (nSPS) is 10.6. The Morgan fingerprint density at radius 1 is 1.04 bits per heavy atom. The first-order chi connectivity index (χ1) is 13.3. The number of rotatable bonds is 9. The van der Waals surface area contributed by atoms with Crippen molar-refractivity contribution in [3.05, 3.63) is 54.9 Å². The number of nitrogens with zero attached hydrogens (tertiary/aromatic N) is 2. The number of hydrogen-bond donors (Lipinski definition) is 2. The van der Waals surface area contributed by atoms with E-state index in [0.717, 1.165) is 24.0 Å². The van der Waals surface area contributed by atoms with Crippen molar-refractivity contribution in [2.75, 3.05) is 26.8 Å². The van der Waals surface area contributed by atoms with Crippen molar-refractivity contribution in [1.29, 1.82) is 0 Å². The van der Waals surface area contributed by atoms with Gasteiger partial charge >= 0.3 is 6.03 Å². The molecule has 0 atom stereocenters. The molecule has 0 fully saturated rings. The van der Waals surface area contributed by atoms with Crippen molar-refractivity contribution < 1.29 is 14.3 Å². The van der Waals surface area contributed by atoms with Gasteiger partial charge in [-0.15, -0.1) is 0 Å². The Kier molecular flexibility index (Phi) is 6.51. The Bertz CT molecular complexity index is 878. The molecule has 0 bridgehead atoms. The van der Waals surface area contributed by atoms with Gasteiger partial charge in [0.1, 0.15) is 6.61 Å². The van der Waals surface area contributed by atoms with Crippen LogP contribution < -0.4 is 20.1 Å². The summed E-state index contributed by atoms with van der Waals surface area (Å²) in [4.78, 5) is 16.2. The maximum Gasteiger partial charge on any atom is 0.314 e. The highest BCUT2D eigenvalue weighted by Crippen LogP contribution is 2.25. The van der Waals surface area contributed by atoms with Crippen molar-refractivity contribution >= 4 is 17.1 Å². The van der Waals surface area contributed by atoms with Crippen molar-refractivity contribution in [3.63, 3.8) is 0 Å². The zero-order chi connectivity index (χ0) is 18.9. The number of nitrogens with one attached hydrogen (secondary N) is 2. The van der Waals surface area contributed by atoms with E-state index in [1.165, 1.54) is 0 Å². The number of aromatic nitrogens is 2. The molecule has 0 spiro atoms. The molecule has 0 unspecified atom stereocenters.